The van der Waals surface area contributed by atoms with Crippen LogP contribution in [0.4, 0.5) is 20.4 Å². The first-order valence-electron chi connectivity index (χ1n) is 22.6. The normalized spacial score (nSPS) is 21.5. The predicted octanol–water partition coefficient (Wildman–Crippen LogP) is 2.77. The molecule has 4 aliphatic rings. The molecule has 0 spiro atoms. The van der Waals surface area contributed by atoms with Crippen molar-refractivity contribution in [2.45, 2.75) is 37.5 Å². The Bertz CT molecular complexity index is 2950. The first-order chi connectivity index (χ1) is 33.3. The highest BCUT2D eigenvalue weighted by Gasteiger charge is 2.35. The number of aromatic nitrogens is 6. The fourth-order valence-electron chi connectivity index (χ4n) is 8.15. The van der Waals surface area contributed by atoms with Crippen LogP contribution in [0.15, 0.2) is 73.1 Å². The van der Waals surface area contributed by atoms with Crippen LogP contribution in [0, 0.1) is 34.3 Å². The van der Waals surface area contributed by atoms with E-state index in [1.165, 1.54) is 57.9 Å². The largest absolute Gasteiger partial charge is 0.388 e. The van der Waals surface area contributed by atoms with Crippen molar-refractivity contribution < 1.29 is 46.3 Å². The molecule has 4 aromatic heterocycles. The Balaban J connectivity index is 0.000000174. The second-order valence-electron chi connectivity index (χ2n) is 15.1. The predicted molar refractivity (Wildman–Crippen MR) is 223 cm³/mol. The molecule has 0 aliphatic carbocycles. The summed E-state index contributed by atoms with van der Waals surface area (Å²) in [6.45, 7) is 0.726. The highest BCUT2D eigenvalue weighted by atomic mass is 19.1. The lowest BCUT2D eigenvalue weighted by Crippen LogP contribution is -2.25. The topological polar surface area (TPSA) is 233 Å². The molecular weight excluding hydrogens is 831 g/mol. The van der Waals surface area contributed by atoms with E-state index < -0.39 is 50.1 Å². The fraction of sp³-hybridized carbons (Fsp3) is 0.273. The van der Waals surface area contributed by atoms with Gasteiger partial charge in [0.1, 0.15) is 23.8 Å². The Morgan fingerprint density at radius 3 is 1.53 bits per heavy atom. The summed E-state index contributed by atoms with van der Waals surface area (Å²) in [5.74, 6) is -1.10. The van der Waals surface area contributed by atoms with Gasteiger partial charge in [0.05, 0.1) is 113 Å². The van der Waals surface area contributed by atoms with Gasteiger partial charge in [0.25, 0.3) is 11.8 Å². The number of amides is 2. The average molecular weight is 875 g/mol. The number of hydrogen-bond acceptors (Lipinski definition) is 14. The number of ether oxygens (including phenoxy) is 2. The van der Waals surface area contributed by atoms with Gasteiger partial charge in [0.2, 0.25) is 0 Å². The number of nitrogens with one attached hydrogen (secondary N) is 2. The van der Waals surface area contributed by atoms with Gasteiger partial charge in [-0.1, -0.05) is 12.1 Å². The number of fused-ring (bicyclic) bond motifs is 2. The van der Waals surface area contributed by atoms with Crippen molar-refractivity contribution >= 4 is 23.5 Å². The number of β-amino-alcohol motifs (C(OH)–C–C–N with tert-alkyl or cyclic N) is 2. The summed E-state index contributed by atoms with van der Waals surface area (Å²) in [5.41, 5.74) is 2.67. The van der Waals surface area contributed by atoms with Crippen LogP contribution in [0.25, 0.3) is 33.9 Å². The fourth-order valence-corrected chi connectivity index (χ4v) is 8.15. The van der Waals surface area contributed by atoms with E-state index in [9.17, 15) is 39.1 Å². The van der Waals surface area contributed by atoms with E-state index in [4.69, 9.17) is 17.7 Å². The summed E-state index contributed by atoms with van der Waals surface area (Å²) in [6.07, 6.45) is -0.683. The van der Waals surface area contributed by atoms with E-state index in [1.54, 1.807) is 34.3 Å². The second kappa shape index (κ2) is 16.9. The zero-order valence-electron chi connectivity index (χ0n) is 39.2. The van der Waals surface area contributed by atoms with Crippen molar-refractivity contribution in [2.75, 3.05) is 50.1 Å². The molecule has 0 unspecified atom stereocenters. The zero-order valence-corrected chi connectivity index (χ0v) is 33.2. The Morgan fingerprint density at radius 1 is 0.688 bits per heavy atom. The molecule has 2 amide bonds. The molecule has 20 heteroatoms. The monoisotopic (exact) mass is 874 g/mol. The molecule has 6 aromatic rings. The quantitative estimate of drug-likeness (QED) is 0.172. The van der Waals surface area contributed by atoms with Gasteiger partial charge < -0.3 is 40.1 Å². The average Bonchev–Trinajstić information content (AvgIpc) is 4.19. The molecule has 10 rings (SSSR count). The van der Waals surface area contributed by atoms with E-state index >= 15 is 0 Å². The minimum atomic E-state index is -2.64. The molecule has 2 aromatic carbocycles. The van der Waals surface area contributed by atoms with Crippen LogP contribution < -0.4 is 20.4 Å². The number of aliphatic hydroxyl groups excluding tert-OH is 2. The smallest absolute Gasteiger partial charge is 0.255 e. The number of pyridine rings is 2. The number of hydrogen-bond donors (Lipinski definition) is 4. The van der Waals surface area contributed by atoms with Gasteiger partial charge in [0.15, 0.2) is 11.6 Å². The number of aliphatic hydroxyl groups is 2. The van der Waals surface area contributed by atoms with Crippen LogP contribution >= 0.6 is 0 Å². The molecule has 4 N–H and O–H groups in total. The molecule has 0 bridgehead atoms. The highest BCUT2D eigenvalue weighted by molar-refractivity contribution is 6.02. The molecule has 0 radical (unpaired) electrons. The number of nitrogens with zero attached hydrogens (tertiary/aromatic N) is 10. The molecule has 2 saturated heterocycles. The van der Waals surface area contributed by atoms with Gasteiger partial charge >= 0.3 is 0 Å². The zero-order chi connectivity index (χ0) is 49.8. The maximum absolute atomic E-state index is 14.7. The minimum Gasteiger partial charge on any atom is -0.388 e. The van der Waals surface area contributed by atoms with Gasteiger partial charge in [-0.2, -0.15) is 20.7 Å². The van der Waals surface area contributed by atoms with Crippen LogP contribution in [-0.2, 0) is 22.6 Å². The lowest BCUT2D eigenvalue weighted by molar-refractivity contribution is 0.0217. The summed E-state index contributed by atoms with van der Waals surface area (Å²) in [4.78, 5) is 37.3. The van der Waals surface area contributed by atoms with Crippen molar-refractivity contribution in [1.29, 1.82) is 10.5 Å². The summed E-state index contributed by atoms with van der Waals surface area (Å²) in [7, 11) is -5.28. The first kappa shape index (κ1) is 34.9. The molecule has 4 aliphatic heterocycles. The van der Waals surface area contributed by atoms with Crippen LogP contribution in [0.2, 0.25) is 0 Å². The van der Waals surface area contributed by atoms with Gasteiger partial charge in [-0.15, -0.1) is 0 Å². The second-order valence-corrected chi connectivity index (χ2v) is 15.1. The number of methoxy groups -OCH3 is 2. The summed E-state index contributed by atoms with van der Waals surface area (Å²) >= 11 is 0. The number of benzene rings is 2. The Hall–Kier alpha value is -7.62. The van der Waals surface area contributed by atoms with Crippen molar-refractivity contribution in [3.8, 4) is 46.0 Å². The minimum absolute atomic E-state index is 0.0260. The van der Waals surface area contributed by atoms with Crippen molar-refractivity contribution in [3.63, 3.8) is 0 Å². The van der Waals surface area contributed by atoms with E-state index in [1.807, 2.05) is 12.1 Å². The standard InChI is InChI=1S/2C22H19FN6O3/c2*1-32-18-11-28(10-17(18)30)19-5-6-29(27-19)16-7-14(26-15-9-25-22(31)21(15)16)20-12(8-24)3-2-4-13(20)23/h2*2-7,17-18,30H,9-11H2,1H3,(H,25,31)/t2*17-,18+/m11/s1/i2*1D3. The van der Waals surface area contributed by atoms with Crippen molar-refractivity contribution in [3.05, 3.63) is 118 Å². The third-order valence-corrected chi connectivity index (χ3v) is 11.3. The number of rotatable bonds is 8. The van der Waals surface area contributed by atoms with Gasteiger partial charge in [-0.3, -0.25) is 9.59 Å². The van der Waals surface area contributed by atoms with Crippen LogP contribution in [0.5, 0.6) is 0 Å². The lowest BCUT2D eigenvalue weighted by atomic mass is 10.0. The summed E-state index contributed by atoms with van der Waals surface area (Å²) in [5, 5.41) is 53.8. The molecule has 18 nitrogen and oxygen atoms in total. The van der Waals surface area contributed by atoms with Gasteiger partial charge in [-0.05, 0) is 36.4 Å². The van der Waals surface area contributed by atoms with E-state index in [0.717, 1.165) is 0 Å². The number of halogens is 2. The molecule has 324 valence electrons. The molecule has 8 heterocycles. The SMILES string of the molecule is [2H]C([2H])([2H])O[C@H]1CN(c2ccn(-c3cc(-c4c(F)cccc4C#N)nc4c3C(=O)NC4)n2)C[C@H]1O.[2H]C([2H])([2H])O[C@H]1CN(c2ccn(-c3cc(-c4c(F)cccc4C#N)nc4c3C(=O)NC4)n2)C[C@H]1O. The maximum atomic E-state index is 14.7. The van der Waals surface area contributed by atoms with Crippen molar-refractivity contribution in [1.82, 2.24) is 40.2 Å². The summed E-state index contributed by atoms with van der Waals surface area (Å²) in [6, 6.07) is 18.5. The number of carbonyl (C=O) groups excluding carboxylic acids is 2. The van der Waals surface area contributed by atoms with E-state index in [2.05, 4.69) is 30.8 Å². The van der Waals surface area contributed by atoms with E-state index in [0.29, 0.717) is 34.4 Å². The molecule has 64 heavy (non-hydrogen) atoms. The van der Waals surface area contributed by atoms with Gasteiger partial charge in [-0.25, -0.2) is 28.1 Å². The van der Waals surface area contributed by atoms with E-state index in [-0.39, 0.29) is 95.9 Å². The molecular formula is C44H38F2N12O6. The maximum Gasteiger partial charge on any atom is 0.255 e. The highest BCUT2D eigenvalue weighted by Crippen LogP contribution is 2.34. The number of anilines is 2. The third-order valence-electron chi connectivity index (χ3n) is 11.3. The first-order valence-corrected chi connectivity index (χ1v) is 19.6. The number of carbonyl (C=O) groups is 2. The van der Waals surface area contributed by atoms with Crippen LogP contribution in [0.3, 0.4) is 0 Å². The molecule has 0 saturated carbocycles. The molecule has 2 fully saturated rings. The number of nitriles is 2. The molecule has 4 atom stereocenters. The Kier molecular flexibility index (Phi) is 9.23. The van der Waals surface area contributed by atoms with Gasteiger partial charge in [0, 0.05) is 64.8 Å². The van der Waals surface area contributed by atoms with Crippen LogP contribution in [0.1, 0.15) is 51.5 Å². The Labute approximate surface area is 371 Å². The third kappa shape index (κ3) is 7.43. The van der Waals surface area contributed by atoms with Crippen molar-refractivity contribution in [2.24, 2.45) is 0 Å². The Morgan fingerprint density at radius 2 is 1.12 bits per heavy atom. The summed E-state index contributed by atoms with van der Waals surface area (Å²) < 4.78 is 85.8. The van der Waals surface area contributed by atoms with Crippen LogP contribution in [-0.4, -0.2) is 116 Å². The lowest BCUT2D eigenvalue weighted by Gasteiger charge is -2.15.